The number of benzene rings is 1. The van der Waals surface area contributed by atoms with Crippen molar-refractivity contribution in [2.24, 2.45) is 0 Å². The van der Waals surface area contributed by atoms with Crippen LogP contribution in [0.1, 0.15) is 25.3 Å². The molecular formula is C16H18N2. The average molecular weight is 238 g/mol. The predicted molar refractivity (Wildman–Crippen MR) is 76.4 cm³/mol. The maximum atomic E-state index is 4.31. The molecule has 0 spiro atoms. The molecule has 2 nitrogen and oxygen atoms in total. The average Bonchev–Trinajstić information content (AvgIpc) is 3.21. The van der Waals surface area contributed by atoms with E-state index in [0.717, 1.165) is 12.6 Å². The van der Waals surface area contributed by atoms with E-state index in [1.807, 2.05) is 12.4 Å². The van der Waals surface area contributed by atoms with Crippen molar-refractivity contribution >= 4 is 16.8 Å². The summed E-state index contributed by atoms with van der Waals surface area (Å²) in [5, 5.41) is 6.02. The summed E-state index contributed by atoms with van der Waals surface area (Å²) in [5.41, 5.74) is 2.57. The lowest BCUT2D eigenvalue weighted by atomic mass is 10.1. The van der Waals surface area contributed by atoms with E-state index in [1.54, 1.807) is 0 Å². The Kier molecular flexibility index (Phi) is 3.11. The molecule has 1 N–H and O–H groups in total. The number of fused-ring (bicyclic) bond motifs is 1. The summed E-state index contributed by atoms with van der Waals surface area (Å²) in [4.78, 5) is 4.31. The molecule has 0 amide bonds. The van der Waals surface area contributed by atoms with Gasteiger partial charge in [0.1, 0.15) is 0 Å². The normalized spacial score (nSPS) is 16.2. The van der Waals surface area contributed by atoms with Crippen LogP contribution >= 0.6 is 0 Å². The molecule has 2 heteroatoms. The first kappa shape index (κ1) is 11.4. The van der Waals surface area contributed by atoms with Crippen LogP contribution in [0.15, 0.2) is 42.2 Å². The molecule has 0 atom stereocenters. The minimum absolute atomic E-state index is 0.763. The summed E-state index contributed by atoms with van der Waals surface area (Å²) in [6.45, 7) is 3.16. The van der Waals surface area contributed by atoms with Gasteiger partial charge >= 0.3 is 0 Å². The van der Waals surface area contributed by atoms with Crippen molar-refractivity contribution in [1.29, 1.82) is 0 Å². The molecule has 1 saturated carbocycles. The van der Waals surface area contributed by atoms with E-state index in [-0.39, 0.29) is 0 Å². The van der Waals surface area contributed by atoms with Gasteiger partial charge in [-0.3, -0.25) is 4.98 Å². The van der Waals surface area contributed by atoms with E-state index in [1.165, 1.54) is 34.8 Å². The first-order valence-electron chi connectivity index (χ1n) is 6.56. The Labute approximate surface area is 108 Å². The van der Waals surface area contributed by atoms with Crippen LogP contribution in [0.3, 0.4) is 0 Å². The molecule has 1 fully saturated rings. The summed E-state index contributed by atoms with van der Waals surface area (Å²) < 4.78 is 0. The molecule has 18 heavy (non-hydrogen) atoms. The molecule has 1 heterocycles. The van der Waals surface area contributed by atoms with Gasteiger partial charge in [0.25, 0.3) is 0 Å². The Balaban J connectivity index is 1.86. The molecule has 0 aliphatic heterocycles. The van der Waals surface area contributed by atoms with Gasteiger partial charge in [0, 0.05) is 35.9 Å². The highest BCUT2D eigenvalue weighted by Crippen LogP contribution is 2.21. The van der Waals surface area contributed by atoms with Gasteiger partial charge in [-0.1, -0.05) is 35.9 Å². The summed E-state index contributed by atoms with van der Waals surface area (Å²) >= 11 is 0. The highest BCUT2D eigenvalue weighted by Gasteiger charge is 2.19. The smallest absolute Gasteiger partial charge is 0.0346 e. The zero-order valence-electron chi connectivity index (χ0n) is 10.7. The second kappa shape index (κ2) is 4.91. The van der Waals surface area contributed by atoms with Crippen LogP contribution in [0, 0.1) is 0 Å². The lowest BCUT2D eigenvalue weighted by Crippen LogP contribution is -2.18. The zero-order chi connectivity index (χ0) is 12.4. The maximum Gasteiger partial charge on any atom is 0.0346 e. The van der Waals surface area contributed by atoms with E-state index in [9.17, 15) is 0 Å². The van der Waals surface area contributed by atoms with Crippen LogP contribution < -0.4 is 5.32 Å². The van der Waals surface area contributed by atoms with Crippen molar-refractivity contribution in [2.75, 3.05) is 6.54 Å². The summed E-state index contributed by atoms with van der Waals surface area (Å²) in [5.74, 6) is 0. The third kappa shape index (κ3) is 2.59. The van der Waals surface area contributed by atoms with E-state index in [4.69, 9.17) is 0 Å². The van der Waals surface area contributed by atoms with Crippen molar-refractivity contribution < 1.29 is 0 Å². The summed E-state index contributed by atoms with van der Waals surface area (Å²) in [6, 6.07) is 9.16. The first-order valence-corrected chi connectivity index (χ1v) is 6.56. The summed E-state index contributed by atoms with van der Waals surface area (Å²) in [7, 11) is 0. The molecule has 0 bridgehead atoms. The quantitative estimate of drug-likeness (QED) is 0.883. The van der Waals surface area contributed by atoms with Crippen LogP contribution in [-0.2, 0) is 0 Å². The van der Waals surface area contributed by atoms with Gasteiger partial charge in [0.15, 0.2) is 0 Å². The van der Waals surface area contributed by atoms with Crippen molar-refractivity contribution in [1.82, 2.24) is 10.3 Å². The Morgan fingerprint density at radius 3 is 3.00 bits per heavy atom. The van der Waals surface area contributed by atoms with E-state index in [2.05, 4.69) is 47.6 Å². The SMILES string of the molecule is C/C(=C/c1cncc2ccccc12)CNC1CC1. The second-order valence-corrected chi connectivity index (χ2v) is 5.10. The van der Waals surface area contributed by atoms with Crippen molar-refractivity contribution in [3.8, 4) is 0 Å². The number of aromatic nitrogens is 1. The number of hydrogen-bond donors (Lipinski definition) is 1. The molecule has 92 valence electrons. The van der Waals surface area contributed by atoms with Crippen molar-refractivity contribution in [3.63, 3.8) is 0 Å². The zero-order valence-corrected chi connectivity index (χ0v) is 10.7. The molecule has 1 aromatic carbocycles. The third-order valence-electron chi connectivity index (χ3n) is 3.35. The minimum atomic E-state index is 0.763. The van der Waals surface area contributed by atoms with Crippen LogP contribution in [0.2, 0.25) is 0 Å². The van der Waals surface area contributed by atoms with E-state index >= 15 is 0 Å². The van der Waals surface area contributed by atoms with Crippen LogP contribution in [-0.4, -0.2) is 17.6 Å². The summed E-state index contributed by atoms with van der Waals surface area (Å²) in [6.07, 6.45) is 8.78. The van der Waals surface area contributed by atoms with Gasteiger partial charge in [0.05, 0.1) is 0 Å². The highest BCUT2D eigenvalue weighted by molar-refractivity contribution is 5.89. The van der Waals surface area contributed by atoms with Gasteiger partial charge < -0.3 is 5.32 Å². The molecule has 2 aromatic rings. The largest absolute Gasteiger partial charge is 0.310 e. The third-order valence-corrected chi connectivity index (χ3v) is 3.35. The fourth-order valence-electron chi connectivity index (χ4n) is 2.16. The Hall–Kier alpha value is -1.67. The first-order chi connectivity index (χ1) is 8.83. The fourth-order valence-corrected chi connectivity index (χ4v) is 2.16. The number of pyridine rings is 1. The molecule has 1 aliphatic rings. The van der Waals surface area contributed by atoms with Crippen molar-refractivity contribution in [2.45, 2.75) is 25.8 Å². The van der Waals surface area contributed by atoms with Gasteiger partial charge in [-0.25, -0.2) is 0 Å². The van der Waals surface area contributed by atoms with Crippen LogP contribution in [0.25, 0.3) is 16.8 Å². The van der Waals surface area contributed by atoms with Crippen molar-refractivity contribution in [3.05, 3.63) is 47.8 Å². The van der Waals surface area contributed by atoms with Gasteiger partial charge in [-0.15, -0.1) is 0 Å². The number of rotatable bonds is 4. The molecule has 1 aromatic heterocycles. The molecule has 0 unspecified atom stereocenters. The molecular weight excluding hydrogens is 220 g/mol. The topological polar surface area (TPSA) is 24.9 Å². The Bertz CT molecular complexity index is 577. The monoisotopic (exact) mass is 238 g/mol. The lowest BCUT2D eigenvalue weighted by Gasteiger charge is -2.05. The number of nitrogens with one attached hydrogen (secondary N) is 1. The minimum Gasteiger partial charge on any atom is -0.310 e. The lowest BCUT2D eigenvalue weighted by molar-refractivity contribution is 0.736. The molecule has 0 saturated heterocycles. The van der Waals surface area contributed by atoms with Gasteiger partial charge in [-0.05, 0) is 25.2 Å². The molecule has 1 aliphatic carbocycles. The van der Waals surface area contributed by atoms with Crippen LogP contribution in [0.5, 0.6) is 0 Å². The maximum absolute atomic E-state index is 4.31. The van der Waals surface area contributed by atoms with Crippen LogP contribution in [0.4, 0.5) is 0 Å². The highest BCUT2D eigenvalue weighted by atomic mass is 14.9. The van der Waals surface area contributed by atoms with Gasteiger partial charge in [0.2, 0.25) is 0 Å². The fraction of sp³-hybridized carbons (Fsp3) is 0.312. The number of hydrogen-bond acceptors (Lipinski definition) is 2. The number of nitrogens with zero attached hydrogens (tertiary/aromatic N) is 1. The Morgan fingerprint density at radius 1 is 1.33 bits per heavy atom. The molecule has 0 radical (unpaired) electrons. The predicted octanol–water partition coefficient (Wildman–Crippen LogP) is 3.39. The van der Waals surface area contributed by atoms with E-state index in [0.29, 0.717) is 0 Å². The standard InChI is InChI=1S/C16H18N2/c1-12(9-18-15-6-7-15)8-14-11-17-10-13-4-2-3-5-16(13)14/h2-5,8,10-11,15,18H,6-7,9H2,1H3/b12-8-. The van der Waals surface area contributed by atoms with E-state index < -0.39 is 0 Å². The van der Waals surface area contributed by atoms with Gasteiger partial charge in [-0.2, -0.15) is 0 Å². The Morgan fingerprint density at radius 2 is 2.17 bits per heavy atom. The second-order valence-electron chi connectivity index (χ2n) is 5.10. The molecule has 3 rings (SSSR count).